The molecule has 1 aliphatic heterocycles. The van der Waals surface area contributed by atoms with Crippen LogP contribution in [0.15, 0.2) is 54.9 Å². The average Bonchev–Trinajstić information content (AvgIpc) is 3.31. The Bertz CT molecular complexity index is 1000. The molecule has 1 aromatic heterocycles. The van der Waals surface area contributed by atoms with Crippen molar-refractivity contribution >= 4 is 5.91 Å². The predicted octanol–water partition coefficient (Wildman–Crippen LogP) is 4.16. The molecule has 1 saturated heterocycles. The highest BCUT2D eigenvalue weighted by Crippen LogP contribution is 2.41. The zero-order chi connectivity index (χ0) is 19.7. The number of methoxy groups -OCH3 is 1. The molecule has 0 radical (unpaired) electrons. The summed E-state index contributed by atoms with van der Waals surface area (Å²) in [7, 11) is 1.53. The minimum atomic E-state index is -0.380. The quantitative estimate of drug-likeness (QED) is 0.669. The van der Waals surface area contributed by atoms with Crippen molar-refractivity contribution in [2.75, 3.05) is 20.2 Å². The zero-order valence-corrected chi connectivity index (χ0v) is 15.9. The minimum absolute atomic E-state index is 0.100. The fourth-order valence-corrected chi connectivity index (χ4v) is 3.84. The van der Waals surface area contributed by atoms with Gasteiger partial charge in [0.2, 0.25) is 5.91 Å². The Hall–Kier alpha value is -3.15. The van der Waals surface area contributed by atoms with Crippen molar-refractivity contribution < 1.29 is 13.9 Å². The Balaban J connectivity index is 1.93. The molecule has 144 valence electrons. The standard InChI is InChI=1S/C22H22FN3O2/c1-3-25-13-16(12-19(25)27)26-14-24-21(15-8-5-4-6-9-15)22(26)20-17(23)10-7-11-18(20)28-2/h4-11,14,16H,3,12-13H2,1-2H3/t16-/m0/s1. The summed E-state index contributed by atoms with van der Waals surface area (Å²) in [5, 5.41) is 0. The third-order valence-electron chi connectivity index (χ3n) is 5.24. The Morgan fingerprint density at radius 1 is 1.18 bits per heavy atom. The molecule has 1 aliphatic rings. The number of likely N-dealkylation sites (N-methyl/N-ethyl adjacent to an activating group) is 1. The van der Waals surface area contributed by atoms with Crippen molar-refractivity contribution in [3.05, 3.63) is 60.7 Å². The Morgan fingerprint density at radius 2 is 1.96 bits per heavy atom. The highest BCUT2D eigenvalue weighted by molar-refractivity contribution is 5.83. The van der Waals surface area contributed by atoms with Gasteiger partial charge in [-0.25, -0.2) is 9.37 Å². The van der Waals surface area contributed by atoms with E-state index in [9.17, 15) is 9.18 Å². The van der Waals surface area contributed by atoms with Crippen molar-refractivity contribution in [3.63, 3.8) is 0 Å². The van der Waals surface area contributed by atoms with Gasteiger partial charge in [-0.2, -0.15) is 0 Å². The molecular formula is C22H22FN3O2. The van der Waals surface area contributed by atoms with Gasteiger partial charge < -0.3 is 14.2 Å². The fraction of sp³-hybridized carbons (Fsp3) is 0.273. The zero-order valence-electron chi connectivity index (χ0n) is 15.9. The molecule has 0 unspecified atom stereocenters. The van der Waals surface area contributed by atoms with Crippen LogP contribution in [0.1, 0.15) is 19.4 Å². The third-order valence-corrected chi connectivity index (χ3v) is 5.24. The van der Waals surface area contributed by atoms with Crippen molar-refractivity contribution in [2.45, 2.75) is 19.4 Å². The number of amides is 1. The molecular weight excluding hydrogens is 357 g/mol. The summed E-state index contributed by atoms with van der Waals surface area (Å²) in [5.41, 5.74) is 2.56. The molecule has 0 N–H and O–H groups in total. The second-order valence-corrected chi connectivity index (χ2v) is 6.82. The molecule has 1 amide bonds. The first kappa shape index (κ1) is 18.2. The maximum absolute atomic E-state index is 15.0. The van der Waals surface area contributed by atoms with Crippen LogP contribution < -0.4 is 4.74 Å². The van der Waals surface area contributed by atoms with Crippen LogP contribution in [0.25, 0.3) is 22.5 Å². The molecule has 2 heterocycles. The van der Waals surface area contributed by atoms with E-state index in [1.54, 1.807) is 18.5 Å². The number of ether oxygens (including phenoxy) is 1. The van der Waals surface area contributed by atoms with Crippen LogP contribution >= 0.6 is 0 Å². The second kappa shape index (κ2) is 7.46. The number of nitrogens with zero attached hydrogens (tertiary/aromatic N) is 3. The molecule has 6 heteroatoms. The van der Waals surface area contributed by atoms with E-state index in [1.807, 2.05) is 46.7 Å². The molecule has 1 atom stereocenters. The molecule has 1 fully saturated rings. The smallest absolute Gasteiger partial charge is 0.224 e. The maximum atomic E-state index is 15.0. The summed E-state index contributed by atoms with van der Waals surface area (Å²) in [6.45, 7) is 3.21. The fourth-order valence-electron chi connectivity index (χ4n) is 3.84. The third kappa shape index (κ3) is 3.05. The van der Waals surface area contributed by atoms with E-state index in [4.69, 9.17) is 4.74 Å². The molecule has 0 saturated carbocycles. The molecule has 0 aliphatic carbocycles. The number of hydrogen-bond donors (Lipinski definition) is 0. The van der Waals surface area contributed by atoms with Gasteiger partial charge >= 0.3 is 0 Å². The first-order valence-corrected chi connectivity index (χ1v) is 9.37. The number of benzene rings is 2. The van der Waals surface area contributed by atoms with Crippen molar-refractivity contribution in [1.82, 2.24) is 14.5 Å². The monoisotopic (exact) mass is 379 g/mol. The number of likely N-dealkylation sites (tertiary alicyclic amines) is 1. The van der Waals surface area contributed by atoms with Gasteiger partial charge in [-0.15, -0.1) is 0 Å². The molecule has 3 aromatic rings. The van der Waals surface area contributed by atoms with Gasteiger partial charge in [0.1, 0.15) is 11.6 Å². The average molecular weight is 379 g/mol. The van der Waals surface area contributed by atoms with Crippen molar-refractivity contribution in [2.24, 2.45) is 0 Å². The normalized spacial score (nSPS) is 16.6. The van der Waals surface area contributed by atoms with Crippen LogP contribution in [0.2, 0.25) is 0 Å². The molecule has 5 nitrogen and oxygen atoms in total. The van der Waals surface area contributed by atoms with Gasteiger partial charge in [-0.05, 0) is 19.1 Å². The number of rotatable bonds is 5. The van der Waals surface area contributed by atoms with Gasteiger partial charge in [-0.3, -0.25) is 4.79 Å². The first-order chi connectivity index (χ1) is 13.6. The number of hydrogen-bond acceptors (Lipinski definition) is 3. The van der Waals surface area contributed by atoms with E-state index < -0.39 is 0 Å². The molecule has 0 spiro atoms. The van der Waals surface area contributed by atoms with E-state index in [0.29, 0.717) is 42.2 Å². The van der Waals surface area contributed by atoms with Crippen LogP contribution in [0.3, 0.4) is 0 Å². The summed E-state index contributed by atoms with van der Waals surface area (Å²) < 4.78 is 22.4. The van der Waals surface area contributed by atoms with Crippen LogP contribution in [-0.2, 0) is 4.79 Å². The van der Waals surface area contributed by atoms with E-state index in [1.165, 1.54) is 13.2 Å². The lowest BCUT2D eigenvalue weighted by Gasteiger charge is -2.19. The highest BCUT2D eigenvalue weighted by Gasteiger charge is 2.33. The van der Waals surface area contributed by atoms with Crippen LogP contribution in [-0.4, -0.2) is 40.6 Å². The van der Waals surface area contributed by atoms with Gasteiger partial charge in [0.15, 0.2) is 0 Å². The Morgan fingerprint density at radius 3 is 2.64 bits per heavy atom. The van der Waals surface area contributed by atoms with Crippen molar-refractivity contribution in [1.29, 1.82) is 0 Å². The lowest BCUT2D eigenvalue weighted by atomic mass is 10.0. The molecule has 0 bridgehead atoms. The Labute approximate surface area is 163 Å². The van der Waals surface area contributed by atoms with Gasteiger partial charge in [-0.1, -0.05) is 36.4 Å². The molecule has 2 aromatic carbocycles. The lowest BCUT2D eigenvalue weighted by Crippen LogP contribution is -2.24. The summed E-state index contributed by atoms with van der Waals surface area (Å²) >= 11 is 0. The molecule has 4 rings (SSSR count). The largest absolute Gasteiger partial charge is 0.496 e. The van der Waals surface area contributed by atoms with Gasteiger partial charge in [0.05, 0.1) is 36.4 Å². The highest BCUT2D eigenvalue weighted by atomic mass is 19.1. The van der Waals surface area contributed by atoms with E-state index in [-0.39, 0.29) is 17.8 Å². The SMILES string of the molecule is CCN1C[C@@H](n2cnc(-c3ccccc3)c2-c2c(F)cccc2OC)CC1=O. The number of imidazole rings is 1. The second-order valence-electron chi connectivity index (χ2n) is 6.82. The van der Waals surface area contributed by atoms with Gasteiger partial charge in [0.25, 0.3) is 0 Å². The first-order valence-electron chi connectivity index (χ1n) is 9.37. The summed E-state index contributed by atoms with van der Waals surface area (Å²) in [6, 6.07) is 14.4. The Kier molecular flexibility index (Phi) is 4.86. The number of carbonyl (C=O) groups is 1. The number of carbonyl (C=O) groups excluding carboxylic acids is 1. The van der Waals surface area contributed by atoms with E-state index in [0.717, 1.165) is 5.56 Å². The number of aromatic nitrogens is 2. The minimum Gasteiger partial charge on any atom is -0.496 e. The van der Waals surface area contributed by atoms with Crippen molar-refractivity contribution in [3.8, 4) is 28.3 Å². The van der Waals surface area contributed by atoms with E-state index >= 15 is 0 Å². The number of halogens is 1. The molecule has 28 heavy (non-hydrogen) atoms. The predicted molar refractivity (Wildman–Crippen MR) is 106 cm³/mol. The summed E-state index contributed by atoms with van der Waals surface area (Å²) in [6.07, 6.45) is 2.09. The van der Waals surface area contributed by atoms with Crippen LogP contribution in [0.5, 0.6) is 5.75 Å². The van der Waals surface area contributed by atoms with Crippen LogP contribution in [0, 0.1) is 5.82 Å². The van der Waals surface area contributed by atoms with Gasteiger partial charge in [0, 0.05) is 25.1 Å². The summed E-state index contributed by atoms with van der Waals surface area (Å²) in [5.74, 6) is 0.166. The maximum Gasteiger partial charge on any atom is 0.224 e. The lowest BCUT2D eigenvalue weighted by molar-refractivity contribution is -0.127. The topological polar surface area (TPSA) is 47.4 Å². The summed E-state index contributed by atoms with van der Waals surface area (Å²) in [4.78, 5) is 18.7. The van der Waals surface area contributed by atoms with Crippen LogP contribution in [0.4, 0.5) is 4.39 Å². The van der Waals surface area contributed by atoms with E-state index in [2.05, 4.69) is 4.98 Å².